The third kappa shape index (κ3) is 3.82. The SMILES string of the molecule is CC1CN(C(=O)COc2ccc(C#N)cc2)CC(C)S1=O. The second-order valence-corrected chi connectivity index (χ2v) is 7.44. The Morgan fingerprint density at radius 2 is 1.90 bits per heavy atom. The van der Waals surface area contributed by atoms with Gasteiger partial charge in [-0.1, -0.05) is 0 Å². The summed E-state index contributed by atoms with van der Waals surface area (Å²) in [7, 11) is -0.876. The first kappa shape index (κ1) is 15.5. The number of benzene rings is 1. The molecule has 21 heavy (non-hydrogen) atoms. The highest BCUT2D eigenvalue weighted by Gasteiger charge is 2.31. The Hall–Kier alpha value is -1.87. The molecular weight excluding hydrogens is 288 g/mol. The van der Waals surface area contributed by atoms with Crippen LogP contribution in [0.1, 0.15) is 19.4 Å². The van der Waals surface area contributed by atoms with E-state index < -0.39 is 10.8 Å². The van der Waals surface area contributed by atoms with Gasteiger partial charge in [-0.15, -0.1) is 0 Å². The third-order valence-corrected chi connectivity index (χ3v) is 5.33. The highest BCUT2D eigenvalue weighted by Crippen LogP contribution is 2.16. The lowest BCUT2D eigenvalue weighted by atomic mass is 10.2. The highest BCUT2D eigenvalue weighted by molar-refractivity contribution is 7.86. The van der Waals surface area contributed by atoms with Crippen molar-refractivity contribution in [1.29, 1.82) is 5.26 Å². The number of nitriles is 1. The first-order chi connectivity index (χ1) is 10.0. The lowest BCUT2D eigenvalue weighted by molar-refractivity contribution is -0.133. The average molecular weight is 306 g/mol. The van der Waals surface area contributed by atoms with Gasteiger partial charge in [-0.25, -0.2) is 0 Å². The molecule has 1 aromatic carbocycles. The second-order valence-electron chi connectivity index (χ2n) is 5.17. The summed E-state index contributed by atoms with van der Waals surface area (Å²) in [5.74, 6) is 0.457. The van der Waals surface area contributed by atoms with E-state index in [1.54, 1.807) is 29.2 Å². The van der Waals surface area contributed by atoms with Crippen molar-refractivity contribution in [2.45, 2.75) is 24.3 Å². The van der Waals surface area contributed by atoms with Crippen LogP contribution in [-0.2, 0) is 15.6 Å². The molecule has 0 saturated carbocycles. The van der Waals surface area contributed by atoms with Gasteiger partial charge in [0.1, 0.15) is 5.75 Å². The zero-order valence-electron chi connectivity index (χ0n) is 12.1. The minimum atomic E-state index is -0.876. The Labute approximate surface area is 127 Å². The number of ether oxygens (including phenoxy) is 1. The molecule has 5 nitrogen and oxygen atoms in total. The van der Waals surface area contributed by atoms with E-state index in [0.29, 0.717) is 24.4 Å². The molecule has 2 rings (SSSR count). The van der Waals surface area contributed by atoms with Crippen LogP contribution < -0.4 is 4.74 Å². The van der Waals surface area contributed by atoms with Crippen LogP contribution in [0.4, 0.5) is 0 Å². The number of rotatable bonds is 3. The van der Waals surface area contributed by atoms with Gasteiger partial charge in [0.25, 0.3) is 5.91 Å². The molecule has 0 spiro atoms. The first-order valence-corrected chi connectivity index (χ1v) is 8.09. The molecule has 6 heteroatoms. The van der Waals surface area contributed by atoms with Crippen molar-refractivity contribution in [1.82, 2.24) is 4.90 Å². The predicted molar refractivity (Wildman–Crippen MR) is 80.3 cm³/mol. The Morgan fingerprint density at radius 3 is 2.43 bits per heavy atom. The number of amides is 1. The molecule has 1 amide bonds. The van der Waals surface area contributed by atoms with Gasteiger partial charge in [-0.3, -0.25) is 9.00 Å². The molecule has 0 aromatic heterocycles. The Kier molecular flexibility index (Phi) is 4.97. The summed E-state index contributed by atoms with van der Waals surface area (Å²) in [6, 6.07) is 8.66. The molecule has 1 aliphatic heterocycles. The Bertz CT molecular complexity index is 566. The molecule has 2 unspecified atom stereocenters. The molecule has 0 aliphatic carbocycles. The van der Waals surface area contributed by atoms with E-state index in [0.717, 1.165) is 0 Å². The lowest BCUT2D eigenvalue weighted by Crippen LogP contribution is -2.50. The summed E-state index contributed by atoms with van der Waals surface area (Å²) in [6.07, 6.45) is 0. The zero-order valence-corrected chi connectivity index (χ0v) is 12.9. The Balaban J connectivity index is 1.89. The maximum atomic E-state index is 12.1. The first-order valence-electron chi connectivity index (χ1n) is 6.81. The molecule has 0 N–H and O–H groups in total. The van der Waals surface area contributed by atoms with Crippen LogP contribution in [0.5, 0.6) is 5.75 Å². The van der Waals surface area contributed by atoms with Gasteiger partial charge in [0.2, 0.25) is 0 Å². The summed E-state index contributed by atoms with van der Waals surface area (Å²) >= 11 is 0. The summed E-state index contributed by atoms with van der Waals surface area (Å²) in [5.41, 5.74) is 0.551. The molecule has 1 heterocycles. The highest BCUT2D eigenvalue weighted by atomic mass is 32.2. The van der Waals surface area contributed by atoms with Crippen molar-refractivity contribution >= 4 is 16.7 Å². The van der Waals surface area contributed by atoms with E-state index in [9.17, 15) is 9.00 Å². The standard InChI is InChI=1S/C15H18N2O3S/c1-11-8-17(9-12(2)21(11)19)15(18)10-20-14-5-3-13(7-16)4-6-14/h3-6,11-12H,8-10H2,1-2H3. The summed E-state index contributed by atoms with van der Waals surface area (Å²) in [6.45, 7) is 4.76. The fourth-order valence-corrected chi connectivity index (χ4v) is 3.75. The molecule has 112 valence electrons. The van der Waals surface area contributed by atoms with Crippen molar-refractivity contribution in [2.24, 2.45) is 0 Å². The van der Waals surface area contributed by atoms with E-state index in [4.69, 9.17) is 10.00 Å². The molecule has 1 aromatic rings. The number of nitrogens with zero attached hydrogens (tertiary/aromatic N) is 2. The van der Waals surface area contributed by atoms with Crippen LogP contribution in [0, 0.1) is 11.3 Å². The molecule has 1 saturated heterocycles. The van der Waals surface area contributed by atoms with Gasteiger partial charge >= 0.3 is 0 Å². The van der Waals surface area contributed by atoms with E-state index in [1.807, 2.05) is 19.9 Å². The molecule has 2 atom stereocenters. The Morgan fingerprint density at radius 1 is 1.33 bits per heavy atom. The van der Waals surface area contributed by atoms with Crippen LogP contribution in [0.15, 0.2) is 24.3 Å². The summed E-state index contributed by atoms with van der Waals surface area (Å²) in [5, 5.41) is 8.70. The van der Waals surface area contributed by atoms with Crippen molar-refractivity contribution in [3.63, 3.8) is 0 Å². The lowest BCUT2D eigenvalue weighted by Gasteiger charge is -2.34. The van der Waals surface area contributed by atoms with E-state index >= 15 is 0 Å². The van der Waals surface area contributed by atoms with Crippen LogP contribution in [-0.4, -0.2) is 45.2 Å². The molecule has 1 aliphatic rings. The minimum absolute atomic E-state index is 0.00684. The topological polar surface area (TPSA) is 70.4 Å². The maximum Gasteiger partial charge on any atom is 0.260 e. The summed E-state index contributed by atoms with van der Waals surface area (Å²) < 4.78 is 17.3. The van der Waals surface area contributed by atoms with Crippen LogP contribution in [0.3, 0.4) is 0 Å². The predicted octanol–water partition coefficient (Wildman–Crippen LogP) is 1.30. The van der Waals surface area contributed by atoms with Crippen molar-refractivity contribution in [3.05, 3.63) is 29.8 Å². The third-order valence-electron chi connectivity index (χ3n) is 3.45. The van der Waals surface area contributed by atoms with Gasteiger partial charge in [0, 0.05) is 34.4 Å². The van der Waals surface area contributed by atoms with Gasteiger partial charge < -0.3 is 9.64 Å². The van der Waals surface area contributed by atoms with E-state index in [-0.39, 0.29) is 23.0 Å². The quantitative estimate of drug-likeness (QED) is 0.844. The smallest absolute Gasteiger partial charge is 0.260 e. The minimum Gasteiger partial charge on any atom is -0.484 e. The maximum absolute atomic E-state index is 12.1. The average Bonchev–Trinajstić information content (AvgIpc) is 2.50. The van der Waals surface area contributed by atoms with Gasteiger partial charge in [0.05, 0.1) is 11.6 Å². The van der Waals surface area contributed by atoms with Gasteiger partial charge in [-0.2, -0.15) is 5.26 Å². The molecule has 0 radical (unpaired) electrons. The number of hydrogen-bond acceptors (Lipinski definition) is 4. The molecular formula is C15H18N2O3S. The van der Waals surface area contributed by atoms with Crippen molar-refractivity contribution < 1.29 is 13.7 Å². The number of carbonyl (C=O) groups excluding carboxylic acids is 1. The van der Waals surface area contributed by atoms with Crippen molar-refractivity contribution in [2.75, 3.05) is 19.7 Å². The van der Waals surface area contributed by atoms with Gasteiger partial charge in [-0.05, 0) is 38.1 Å². The van der Waals surface area contributed by atoms with Crippen molar-refractivity contribution in [3.8, 4) is 11.8 Å². The number of carbonyl (C=O) groups is 1. The molecule has 1 fully saturated rings. The van der Waals surface area contributed by atoms with Crippen LogP contribution >= 0.6 is 0 Å². The van der Waals surface area contributed by atoms with Crippen LogP contribution in [0.25, 0.3) is 0 Å². The van der Waals surface area contributed by atoms with Gasteiger partial charge in [0.15, 0.2) is 6.61 Å². The fourth-order valence-electron chi connectivity index (χ4n) is 2.30. The second kappa shape index (κ2) is 6.72. The zero-order chi connectivity index (χ0) is 15.4. The largest absolute Gasteiger partial charge is 0.484 e. The van der Waals surface area contributed by atoms with E-state index in [2.05, 4.69) is 0 Å². The monoisotopic (exact) mass is 306 g/mol. The summed E-state index contributed by atoms with van der Waals surface area (Å²) in [4.78, 5) is 13.9. The molecule has 0 bridgehead atoms. The normalized spacial score (nSPS) is 25.2. The fraction of sp³-hybridized carbons (Fsp3) is 0.467. The number of hydrogen-bond donors (Lipinski definition) is 0. The van der Waals surface area contributed by atoms with Crippen LogP contribution in [0.2, 0.25) is 0 Å². The van der Waals surface area contributed by atoms with E-state index in [1.165, 1.54) is 0 Å².